The number of methoxy groups -OCH3 is 1. The molecular formula is C12H13NO4. The maximum absolute atomic E-state index is 11.8. The van der Waals surface area contributed by atoms with Crippen LogP contribution in [0, 0.1) is 0 Å². The Hall–Kier alpha value is -1.72. The van der Waals surface area contributed by atoms with Crippen LogP contribution >= 0.6 is 0 Å². The molecule has 17 heavy (non-hydrogen) atoms. The molecule has 0 saturated carbocycles. The van der Waals surface area contributed by atoms with E-state index in [1.54, 1.807) is 31.2 Å². The summed E-state index contributed by atoms with van der Waals surface area (Å²) in [5.41, 5.74) is 0.755. The number of amides is 2. The molecule has 0 aliphatic carbocycles. The van der Waals surface area contributed by atoms with Gasteiger partial charge in [-0.15, -0.1) is 5.06 Å². The van der Waals surface area contributed by atoms with Crippen LogP contribution in [0.3, 0.4) is 0 Å². The predicted molar refractivity (Wildman–Crippen MR) is 59.4 cm³/mol. The molecule has 1 atom stereocenters. The van der Waals surface area contributed by atoms with Crippen molar-refractivity contribution in [3.05, 3.63) is 35.4 Å². The highest BCUT2D eigenvalue weighted by Gasteiger charge is 2.36. The van der Waals surface area contributed by atoms with Crippen LogP contribution in [0.2, 0.25) is 0 Å². The zero-order chi connectivity index (χ0) is 12.4. The molecule has 0 radical (unpaired) electrons. The average Bonchev–Trinajstić information content (AvgIpc) is 2.60. The molecule has 90 valence electrons. The molecule has 1 heterocycles. The van der Waals surface area contributed by atoms with Gasteiger partial charge < -0.3 is 4.74 Å². The number of benzene rings is 1. The molecule has 5 nitrogen and oxygen atoms in total. The van der Waals surface area contributed by atoms with Crippen molar-refractivity contribution >= 4 is 11.8 Å². The minimum atomic E-state index is -0.422. The second-order valence-corrected chi connectivity index (χ2v) is 3.79. The number of rotatable bonds is 4. The van der Waals surface area contributed by atoms with Crippen LogP contribution in [-0.4, -0.2) is 36.7 Å². The highest BCUT2D eigenvalue weighted by Crippen LogP contribution is 2.22. The van der Waals surface area contributed by atoms with E-state index in [0.717, 1.165) is 5.06 Å². The van der Waals surface area contributed by atoms with Crippen LogP contribution in [0.15, 0.2) is 24.3 Å². The lowest BCUT2D eigenvalue weighted by atomic mass is 10.1. The Kier molecular flexibility index (Phi) is 3.21. The fraction of sp³-hybridized carbons (Fsp3) is 0.333. The van der Waals surface area contributed by atoms with E-state index in [1.807, 2.05) is 0 Å². The van der Waals surface area contributed by atoms with Crippen molar-refractivity contribution in [1.82, 2.24) is 5.06 Å². The first-order chi connectivity index (χ1) is 8.15. The van der Waals surface area contributed by atoms with Gasteiger partial charge in [-0.1, -0.05) is 12.1 Å². The van der Waals surface area contributed by atoms with Crippen molar-refractivity contribution in [2.75, 3.05) is 13.7 Å². The molecule has 1 aromatic carbocycles. The largest absolute Gasteiger partial charge is 0.379 e. The number of hydrogen-bond donors (Lipinski definition) is 0. The quantitative estimate of drug-likeness (QED) is 0.737. The number of imide groups is 1. The third-order valence-electron chi connectivity index (χ3n) is 2.60. The summed E-state index contributed by atoms with van der Waals surface area (Å²) in [5.74, 6) is -0.845. The third-order valence-corrected chi connectivity index (χ3v) is 2.60. The summed E-state index contributed by atoms with van der Waals surface area (Å²) in [6, 6.07) is 6.65. The minimum absolute atomic E-state index is 0.155. The van der Waals surface area contributed by atoms with Crippen LogP contribution in [0.25, 0.3) is 0 Å². The number of fused-ring (bicyclic) bond motifs is 1. The monoisotopic (exact) mass is 235 g/mol. The Morgan fingerprint density at radius 1 is 1.18 bits per heavy atom. The first kappa shape index (κ1) is 11.8. The number of carbonyl (C=O) groups excluding carboxylic acids is 2. The molecule has 1 aromatic rings. The highest BCUT2D eigenvalue weighted by atomic mass is 16.7. The van der Waals surface area contributed by atoms with Crippen LogP contribution in [0.5, 0.6) is 0 Å². The molecular weight excluding hydrogens is 222 g/mol. The van der Waals surface area contributed by atoms with Gasteiger partial charge in [-0.3, -0.25) is 14.4 Å². The van der Waals surface area contributed by atoms with Crippen LogP contribution in [0.1, 0.15) is 27.6 Å². The van der Waals surface area contributed by atoms with E-state index in [1.165, 1.54) is 7.11 Å². The fourth-order valence-electron chi connectivity index (χ4n) is 1.53. The topological polar surface area (TPSA) is 55.8 Å². The Morgan fingerprint density at radius 2 is 1.71 bits per heavy atom. The second kappa shape index (κ2) is 4.65. The Balaban J connectivity index is 2.13. The fourth-order valence-corrected chi connectivity index (χ4v) is 1.53. The summed E-state index contributed by atoms with van der Waals surface area (Å²) in [7, 11) is 1.54. The molecule has 0 aromatic heterocycles. The van der Waals surface area contributed by atoms with E-state index < -0.39 is 11.8 Å². The lowest BCUT2D eigenvalue weighted by Gasteiger charge is -2.16. The van der Waals surface area contributed by atoms with E-state index in [0.29, 0.717) is 11.1 Å². The molecule has 2 rings (SSSR count). The van der Waals surface area contributed by atoms with Crippen LogP contribution in [-0.2, 0) is 9.57 Å². The maximum Gasteiger partial charge on any atom is 0.285 e. The number of hydrogen-bond acceptors (Lipinski definition) is 4. The van der Waals surface area contributed by atoms with Gasteiger partial charge >= 0.3 is 0 Å². The van der Waals surface area contributed by atoms with Gasteiger partial charge in [0, 0.05) is 7.11 Å². The van der Waals surface area contributed by atoms with Gasteiger partial charge in [-0.2, -0.15) is 0 Å². The number of hydroxylamine groups is 2. The van der Waals surface area contributed by atoms with Gasteiger partial charge in [-0.05, 0) is 19.1 Å². The maximum atomic E-state index is 11.8. The Labute approximate surface area is 98.9 Å². The van der Waals surface area contributed by atoms with Gasteiger partial charge in [0.2, 0.25) is 0 Å². The van der Waals surface area contributed by atoms with Crippen LogP contribution < -0.4 is 0 Å². The van der Waals surface area contributed by atoms with Gasteiger partial charge in [0.05, 0.1) is 17.2 Å². The zero-order valence-electron chi connectivity index (χ0n) is 9.67. The van der Waals surface area contributed by atoms with E-state index in [9.17, 15) is 9.59 Å². The number of nitrogens with zero attached hydrogens (tertiary/aromatic N) is 1. The summed E-state index contributed by atoms with van der Waals surface area (Å²) < 4.78 is 4.98. The van der Waals surface area contributed by atoms with Crippen LogP contribution in [0.4, 0.5) is 0 Å². The molecule has 1 unspecified atom stereocenters. The zero-order valence-corrected chi connectivity index (χ0v) is 9.67. The van der Waals surface area contributed by atoms with Gasteiger partial charge in [0.15, 0.2) is 0 Å². The molecule has 0 bridgehead atoms. The lowest BCUT2D eigenvalue weighted by molar-refractivity contribution is -0.118. The van der Waals surface area contributed by atoms with Gasteiger partial charge in [0.1, 0.15) is 6.61 Å². The molecule has 2 amide bonds. The van der Waals surface area contributed by atoms with Gasteiger partial charge in [0.25, 0.3) is 11.8 Å². The lowest BCUT2D eigenvalue weighted by Crippen LogP contribution is -2.33. The van der Waals surface area contributed by atoms with Crippen molar-refractivity contribution < 1.29 is 19.2 Å². The van der Waals surface area contributed by atoms with Crippen molar-refractivity contribution in [1.29, 1.82) is 0 Å². The SMILES string of the molecule is COC(C)CON1C(=O)c2ccccc2C1=O. The first-order valence-corrected chi connectivity index (χ1v) is 5.28. The summed E-state index contributed by atoms with van der Waals surface area (Å²) in [5, 5.41) is 0.792. The number of ether oxygens (including phenoxy) is 1. The summed E-state index contributed by atoms with van der Waals surface area (Å²) in [4.78, 5) is 28.9. The minimum Gasteiger partial charge on any atom is -0.379 e. The third kappa shape index (κ3) is 2.07. The average molecular weight is 235 g/mol. The normalized spacial score (nSPS) is 16.2. The summed E-state index contributed by atoms with van der Waals surface area (Å²) in [6.45, 7) is 1.94. The van der Waals surface area contributed by atoms with Crippen molar-refractivity contribution in [3.8, 4) is 0 Å². The predicted octanol–water partition coefficient (Wildman–Crippen LogP) is 1.25. The Bertz CT molecular complexity index is 423. The van der Waals surface area contributed by atoms with E-state index in [4.69, 9.17) is 9.57 Å². The molecule has 1 aliphatic rings. The number of carbonyl (C=O) groups is 2. The smallest absolute Gasteiger partial charge is 0.285 e. The second-order valence-electron chi connectivity index (χ2n) is 3.79. The highest BCUT2D eigenvalue weighted by molar-refractivity contribution is 6.20. The molecule has 0 N–H and O–H groups in total. The molecule has 1 aliphatic heterocycles. The van der Waals surface area contributed by atoms with Crippen molar-refractivity contribution in [2.24, 2.45) is 0 Å². The molecule has 0 spiro atoms. The van der Waals surface area contributed by atoms with Gasteiger partial charge in [-0.25, -0.2) is 0 Å². The van der Waals surface area contributed by atoms with Crippen molar-refractivity contribution in [3.63, 3.8) is 0 Å². The molecule has 5 heteroatoms. The van der Waals surface area contributed by atoms with Crippen molar-refractivity contribution in [2.45, 2.75) is 13.0 Å². The first-order valence-electron chi connectivity index (χ1n) is 5.28. The summed E-state index contributed by atoms with van der Waals surface area (Å²) in [6.07, 6.45) is -0.181. The van der Waals surface area contributed by atoms with E-state index in [2.05, 4.69) is 0 Å². The van der Waals surface area contributed by atoms with E-state index in [-0.39, 0.29) is 12.7 Å². The molecule has 0 fully saturated rings. The summed E-state index contributed by atoms with van der Waals surface area (Å²) >= 11 is 0. The molecule has 0 saturated heterocycles. The van der Waals surface area contributed by atoms with E-state index >= 15 is 0 Å². The standard InChI is InChI=1S/C12H13NO4/c1-8(16-2)7-17-13-11(14)9-5-3-4-6-10(9)12(13)15/h3-6,8H,7H2,1-2H3. The Morgan fingerprint density at radius 3 is 2.18 bits per heavy atom.